The summed E-state index contributed by atoms with van der Waals surface area (Å²) in [6.07, 6.45) is -0.0710. The van der Waals surface area contributed by atoms with Gasteiger partial charge in [0.05, 0.1) is 13.1 Å². The molecule has 2 atom stereocenters. The molecule has 2 fully saturated rings. The molecule has 2 N–H and O–H groups in total. The lowest BCUT2D eigenvalue weighted by Gasteiger charge is -2.55. The molecule has 2 heterocycles. The van der Waals surface area contributed by atoms with Gasteiger partial charge in [0.1, 0.15) is 18.0 Å². The number of halogens is 1. The summed E-state index contributed by atoms with van der Waals surface area (Å²) in [7, 11) is 1.90. The molecular formula is C30H34FN5O3S. The summed E-state index contributed by atoms with van der Waals surface area (Å²) in [5.74, 6) is 1.31. The number of carbonyl (C=O) groups excluding carboxylic acids is 3. The average Bonchev–Trinajstić information content (AvgIpc) is 2.96. The topological polar surface area (TPSA) is 90.2 Å². The number of fused-ring (bicyclic) bond motifs is 1. The Morgan fingerprint density at radius 3 is 2.23 bits per heavy atom. The quantitative estimate of drug-likeness (QED) is 0.334. The van der Waals surface area contributed by atoms with Gasteiger partial charge in [0.15, 0.2) is 0 Å². The zero-order valence-electron chi connectivity index (χ0n) is 22.4. The first-order valence-electron chi connectivity index (χ1n) is 13.1. The van der Waals surface area contributed by atoms with Crippen molar-refractivity contribution in [1.82, 2.24) is 19.8 Å². The molecule has 0 saturated carbocycles. The van der Waals surface area contributed by atoms with Gasteiger partial charge in [-0.1, -0.05) is 72.8 Å². The maximum absolute atomic E-state index is 13.8. The third kappa shape index (κ3) is 7.07. The third-order valence-corrected chi connectivity index (χ3v) is 7.96. The predicted octanol–water partition coefficient (Wildman–Crippen LogP) is 3.26. The highest BCUT2D eigenvalue weighted by molar-refractivity contribution is 7.98. The average molecular weight is 564 g/mol. The van der Waals surface area contributed by atoms with E-state index in [4.69, 9.17) is 4.79 Å². The second kappa shape index (κ2) is 14.1. The Labute approximate surface area is 238 Å². The van der Waals surface area contributed by atoms with E-state index in [-0.39, 0.29) is 36.8 Å². The molecule has 5 rings (SSSR count). The molecule has 3 aromatic carbocycles. The van der Waals surface area contributed by atoms with Crippen molar-refractivity contribution in [2.45, 2.75) is 24.5 Å². The number of hydrazine groups is 1. The van der Waals surface area contributed by atoms with E-state index in [0.717, 1.165) is 22.6 Å². The number of thioether (sulfide) groups is 1. The van der Waals surface area contributed by atoms with E-state index in [0.29, 0.717) is 19.6 Å². The van der Waals surface area contributed by atoms with Crippen molar-refractivity contribution in [3.05, 3.63) is 107 Å². The van der Waals surface area contributed by atoms with Crippen LogP contribution >= 0.6 is 11.8 Å². The predicted molar refractivity (Wildman–Crippen MR) is 154 cm³/mol. The standard InChI is InChI=1S/C29H31FN4O2S.CH3NO/c1-31-20-27(35)34-26(33(31)18-22-12-14-25(30)15-13-22)19-32(16-17-37-21-23-8-4-2-5-9-23)29(36)28(34)24-10-6-3-7-11-24;2-1-3/h2-15,26,28H,16-21H2,1H3;1H,(H2,2,3)/t26?,28-;/m0./s1. The summed E-state index contributed by atoms with van der Waals surface area (Å²) in [5, 5.41) is 4.05. The van der Waals surface area contributed by atoms with E-state index >= 15 is 0 Å². The Hall–Kier alpha value is -3.73. The molecule has 2 aliphatic rings. The number of primary amides is 1. The zero-order chi connectivity index (χ0) is 28.5. The highest BCUT2D eigenvalue weighted by Crippen LogP contribution is 2.35. The molecule has 3 amide bonds. The van der Waals surface area contributed by atoms with Crippen molar-refractivity contribution in [2.75, 3.05) is 32.4 Å². The Morgan fingerprint density at radius 2 is 1.57 bits per heavy atom. The Bertz CT molecular complexity index is 1270. The van der Waals surface area contributed by atoms with Gasteiger partial charge in [-0.3, -0.25) is 14.4 Å². The van der Waals surface area contributed by atoms with Crippen LogP contribution in [0.5, 0.6) is 0 Å². The van der Waals surface area contributed by atoms with E-state index in [1.165, 1.54) is 17.7 Å². The minimum absolute atomic E-state index is 0.0394. The van der Waals surface area contributed by atoms with Crippen molar-refractivity contribution < 1.29 is 18.8 Å². The lowest BCUT2D eigenvalue weighted by molar-refractivity contribution is -0.201. The molecular weight excluding hydrogens is 529 g/mol. The van der Waals surface area contributed by atoms with Crippen LogP contribution in [0.2, 0.25) is 0 Å². The number of likely N-dealkylation sites (N-methyl/N-ethyl adjacent to an activating group) is 1. The van der Waals surface area contributed by atoms with Gasteiger partial charge in [-0.2, -0.15) is 11.8 Å². The largest absolute Gasteiger partial charge is 0.372 e. The summed E-state index contributed by atoms with van der Waals surface area (Å²) in [6.45, 7) is 1.72. The zero-order valence-corrected chi connectivity index (χ0v) is 23.3. The van der Waals surface area contributed by atoms with Crippen LogP contribution in [-0.4, -0.2) is 76.6 Å². The number of carbonyl (C=O) groups is 3. The summed E-state index contributed by atoms with van der Waals surface area (Å²) in [6, 6.07) is 25.6. The molecule has 3 aromatic rings. The van der Waals surface area contributed by atoms with Gasteiger partial charge in [-0.25, -0.2) is 14.4 Å². The summed E-state index contributed by atoms with van der Waals surface area (Å²) >= 11 is 1.80. The molecule has 0 radical (unpaired) electrons. The Kier molecular flexibility index (Phi) is 10.3. The number of nitrogens with zero attached hydrogens (tertiary/aromatic N) is 4. The molecule has 0 spiro atoms. The van der Waals surface area contributed by atoms with Crippen LogP contribution in [0.1, 0.15) is 22.7 Å². The van der Waals surface area contributed by atoms with Crippen molar-refractivity contribution >= 4 is 30.0 Å². The number of amides is 3. The van der Waals surface area contributed by atoms with Crippen molar-refractivity contribution in [3.63, 3.8) is 0 Å². The van der Waals surface area contributed by atoms with Gasteiger partial charge < -0.3 is 15.5 Å². The van der Waals surface area contributed by atoms with Gasteiger partial charge in [0.25, 0.3) is 0 Å². The van der Waals surface area contributed by atoms with E-state index < -0.39 is 6.04 Å². The molecule has 2 aliphatic heterocycles. The minimum atomic E-state index is -0.670. The third-order valence-electron chi connectivity index (χ3n) is 6.95. The van der Waals surface area contributed by atoms with Gasteiger partial charge in [-0.15, -0.1) is 0 Å². The number of hydrogen-bond acceptors (Lipinski definition) is 6. The highest BCUT2D eigenvalue weighted by atomic mass is 32.2. The summed E-state index contributed by atoms with van der Waals surface area (Å²) in [5.41, 5.74) is 7.19. The normalized spacial score (nSPS) is 19.6. The molecule has 1 unspecified atom stereocenters. The summed E-state index contributed by atoms with van der Waals surface area (Å²) < 4.78 is 13.5. The number of rotatable bonds is 8. The molecule has 40 heavy (non-hydrogen) atoms. The highest BCUT2D eigenvalue weighted by Gasteiger charge is 2.49. The second-order valence-electron chi connectivity index (χ2n) is 9.59. The lowest BCUT2D eigenvalue weighted by atomic mass is 9.98. The molecule has 8 nitrogen and oxygen atoms in total. The van der Waals surface area contributed by atoms with Crippen molar-refractivity contribution in [3.8, 4) is 0 Å². The van der Waals surface area contributed by atoms with Crippen LogP contribution in [0.25, 0.3) is 0 Å². The van der Waals surface area contributed by atoms with Gasteiger partial charge in [-0.05, 0) is 28.8 Å². The van der Waals surface area contributed by atoms with E-state index in [1.54, 1.807) is 28.8 Å². The molecule has 2 saturated heterocycles. The number of nitrogens with two attached hydrogens (primary N) is 1. The van der Waals surface area contributed by atoms with Gasteiger partial charge in [0.2, 0.25) is 18.2 Å². The van der Waals surface area contributed by atoms with Crippen molar-refractivity contribution in [1.29, 1.82) is 0 Å². The van der Waals surface area contributed by atoms with Crippen LogP contribution in [0.4, 0.5) is 4.39 Å². The molecule has 0 aliphatic carbocycles. The molecule has 0 aromatic heterocycles. The lowest BCUT2D eigenvalue weighted by Crippen LogP contribution is -2.71. The second-order valence-corrected chi connectivity index (χ2v) is 10.7. The van der Waals surface area contributed by atoms with E-state index in [2.05, 4.69) is 22.9 Å². The number of benzene rings is 3. The SMILES string of the molecule is CN1CC(=O)N2C(CN(CCSCc3ccccc3)C(=O)[C@@H]2c2ccccc2)N1Cc1ccc(F)cc1.NC=O. The fraction of sp³-hybridized carbons (Fsp3) is 0.300. The Morgan fingerprint density at radius 1 is 0.950 bits per heavy atom. The van der Waals surface area contributed by atoms with Gasteiger partial charge in [0, 0.05) is 31.6 Å². The summed E-state index contributed by atoms with van der Waals surface area (Å²) in [4.78, 5) is 39.4. The fourth-order valence-electron chi connectivity index (χ4n) is 5.06. The van der Waals surface area contributed by atoms with Crippen molar-refractivity contribution in [2.24, 2.45) is 5.73 Å². The maximum atomic E-state index is 13.8. The fourth-order valence-corrected chi connectivity index (χ4v) is 5.99. The molecule has 10 heteroatoms. The Balaban J connectivity index is 0.00000118. The van der Waals surface area contributed by atoms with Crippen LogP contribution < -0.4 is 5.73 Å². The van der Waals surface area contributed by atoms with E-state index in [1.807, 2.05) is 65.5 Å². The molecule has 210 valence electrons. The maximum Gasteiger partial charge on any atom is 0.250 e. The van der Waals surface area contributed by atoms with E-state index in [9.17, 15) is 14.0 Å². The first-order valence-corrected chi connectivity index (χ1v) is 14.2. The van der Waals surface area contributed by atoms with Crippen LogP contribution in [0, 0.1) is 5.82 Å². The van der Waals surface area contributed by atoms with Crippen LogP contribution in [-0.2, 0) is 26.7 Å². The first-order chi connectivity index (χ1) is 19.4. The molecule has 0 bridgehead atoms. The smallest absolute Gasteiger partial charge is 0.250 e. The van der Waals surface area contributed by atoms with Crippen LogP contribution in [0.15, 0.2) is 84.9 Å². The first kappa shape index (κ1) is 29.3. The number of piperazine rings is 1. The number of hydrogen-bond donors (Lipinski definition) is 1. The minimum Gasteiger partial charge on any atom is -0.372 e. The van der Waals surface area contributed by atoms with Crippen LogP contribution in [0.3, 0.4) is 0 Å². The van der Waals surface area contributed by atoms with Gasteiger partial charge >= 0.3 is 0 Å². The monoisotopic (exact) mass is 563 g/mol.